The number of quaternary nitrogens is 1. The molecular formula is C32H44N7O5+. The summed E-state index contributed by atoms with van der Waals surface area (Å²) in [6, 6.07) is 16.3. The summed E-state index contributed by atoms with van der Waals surface area (Å²) in [4.78, 5) is 12.9. The number of aromatic nitrogens is 4. The number of nitrogens with one attached hydrogen (secondary N) is 1. The van der Waals surface area contributed by atoms with E-state index in [0.29, 0.717) is 30.3 Å². The van der Waals surface area contributed by atoms with Gasteiger partial charge < -0.3 is 40.3 Å². The van der Waals surface area contributed by atoms with Crippen LogP contribution in [0.4, 0.5) is 11.8 Å². The molecule has 4 aromatic rings. The van der Waals surface area contributed by atoms with Crippen molar-refractivity contribution in [2.75, 3.05) is 50.4 Å². The van der Waals surface area contributed by atoms with Crippen LogP contribution in [0.3, 0.4) is 0 Å². The highest BCUT2D eigenvalue weighted by atomic mass is 16.6. The summed E-state index contributed by atoms with van der Waals surface area (Å²) < 4.78 is 14.6. The smallest absolute Gasteiger partial charge is 0.207 e. The van der Waals surface area contributed by atoms with Gasteiger partial charge in [-0.1, -0.05) is 36.4 Å². The van der Waals surface area contributed by atoms with Gasteiger partial charge in [0.1, 0.15) is 30.4 Å². The Balaban J connectivity index is 1.26. The standard InChI is InChI=1S/C32H44N7O5/c1-4-39(5-2,6-3)15-8-16-43-24-10-7-9-23(17-24)22-13-11-21(12-14-22)18-34-32-37-26-29(33)35-20-36-30(26)38(32)31-28(42)27(41)25(19-40)44-31/h7,9-14,17,20,25,27-28,31,40-42H,4-6,8,15-16,18-19H2,1-3H3,(H,34,37)(H2,33,35,36)/q+1/t25-,27-,28-,31-/m1/s1. The van der Waals surface area contributed by atoms with Crippen molar-refractivity contribution in [3.63, 3.8) is 0 Å². The number of nitrogen functional groups attached to an aromatic ring is 1. The molecule has 3 heterocycles. The first-order valence-electron chi connectivity index (χ1n) is 15.3. The number of nitrogens with two attached hydrogens (primary N) is 1. The largest absolute Gasteiger partial charge is 0.493 e. The Morgan fingerprint density at radius 3 is 2.43 bits per heavy atom. The Morgan fingerprint density at radius 2 is 1.75 bits per heavy atom. The fraction of sp³-hybridized carbons (Fsp3) is 0.469. The van der Waals surface area contributed by atoms with E-state index in [1.807, 2.05) is 24.3 Å². The average Bonchev–Trinajstić information content (AvgIpc) is 3.57. The highest BCUT2D eigenvalue weighted by Gasteiger charge is 2.45. The van der Waals surface area contributed by atoms with Gasteiger partial charge in [0.05, 0.1) is 39.4 Å². The maximum atomic E-state index is 10.7. The van der Waals surface area contributed by atoms with Crippen LogP contribution >= 0.6 is 0 Å². The number of benzene rings is 2. The first kappa shape index (κ1) is 31.6. The molecule has 1 aliphatic rings. The molecule has 1 saturated heterocycles. The van der Waals surface area contributed by atoms with Gasteiger partial charge >= 0.3 is 0 Å². The number of ether oxygens (including phenoxy) is 2. The van der Waals surface area contributed by atoms with Crippen LogP contribution in [0.15, 0.2) is 54.9 Å². The Labute approximate surface area is 257 Å². The van der Waals surface area contributed by atoms with Gasteiger partial charge in [0.25, 0.3) is 0 Å². The second-order valence-electron chi connectivity index (χ2n) is 11.3. The lowest BCUT2D eigenvalue weighted by atomic mass is 10.0. The van der Waals surface area contributed by atoms with Crippen molar-refractivity contribution in [3.8, 4) is 16.9 Å². The van der Waals surface area contributed by atoms with Crippen molar-refractivity contribution in [2.24, 2.45) is 0 Å². The summed E-state index contributed by atoms with van der Waals surface area (Å²) in [5.74, 6) is 1.38. The van der Waals surface area contributed by atoms with Crippen molar-refractivity contribution in [1.82, 2.24) is 19.5 Å². The number of aliphatic hydroxyl groups is 3. The van der Waals surface area contributed by atoms with Gasteiger partial charge in [-0.3, -0.25) is 4.57 Å². The highest BCUT2D eigenvalue weighted by molar-refractivity contribution is 5.84. The molecule has 1 fully saturated rings. The molecule has 5 rings (SSSR count). The highest BCUT2D eigenvalue weighted by Crippen LogP contribution is 2.35. The zero-order valence-electron chi connectivity index (χ0n) is 25.6. The van der Waals surface area contributed by atoms with Crippen LogP contribution in [0.1, 0.15) is 39.0 Å². The second-order valence-corrected chi connectivity index (χ2v) is 11.3. The van der Waals surface area contributed by atoms with Gasteiger partial charge in [-0.05, 0) is 49.6 Å². The monoisotopic (exact) mass is 606 g/mol. The van der Waals surface area contributed by atoms with Gasteiger partial charge in [-0.15, -0.1) is 0 Å². The van der Waals surface area contributed by atoms with Gasteiger partial charge in [-0.2, -0.15) is 0 Å². The minimum atomic E-state index is -1.31. The van der Waals surface area contributed by atoms with E-state index in [4.69, 9.17) is 15.2 Å². The summed E-state index contributed by atoms with van der Waals surface area (Å²) in [6.07, 6.45) is -2.24. The molecule has 44 heavy (non-hydrogen) atoms. The van der Waals surface area contributed by atoms with E-state index in [0.717, 1.165) is 59.5 Å². The van der Waals surface area contributed by atoms with E-state index in [1.54, 1.807) is 4.57 Å². The Bertz CT molecular complexity index is 1520. The Morgan fingerprint density at radius 1 is 1.00 bits per heavy atom. The summed E-state index contributed by atoms with van der Waals surface area (Å²) in [5, 5.41) is 33.9. The Kier molecular flexibility index (Phi) is 9.97. The second kappa shape index (κ2) is 13.9. The minimum absolute atomic E-state index is 0.175. The van der Waals surface area contributed by atoms with E-state index >= 15 is 0 Å². The molecule has 4 atom stereocenters. The molecule has 0 saturated carbocycles. The van der Waals surface area contributed by atoms with Crippen molar-refractivity contribution in [1.29, 1.82) is 0 Å². The third-order valence-electron chi connectivity index (χ3n) is 8.91. The number of rotatable bonds is 14. The summed E-state index contributed by atoms with van der Waals surface area (Å²) in [7, 11) is 0. The molecule has 0 spiro atoms. The van der Waals surface area contributed by atoms with E-state index < -0.39 is 31.1 Å². The fourth-order valence-electron chi connectivity index (χ4n) is 5.88. The van der Waals surface area contributed by atoms with Crippen molar-refractivity contribution in [2.45, 2.75) is 58.3 Å². The average molecular weight is 607 g/mol. The van der Waals surface area contributed by atoms with Crippen LogP contribution < -0.4 is 15.8 Å². The third kappa shape index (κ3) is 6.49. The number of imidazole rings is 1. The van der Waals surface area contributed by atoms with Gasteiger partial charge in [0.2, 0.25) is 5.95 Å². The van der Waals surface area contributed by atoms with Crippen LogP contribution in [0.25, 0.3) is 22.3 Å². The van der Waals surface area contributed by atoms with Crippen LogP contribution in [0.2, 0.25) is 0 Å². The number of hydrogen-bond donors (Lipinski definition) is 5. The molecule has 2 aromatic heterocycles. The first-order valence-corrected chi connectivity index (χ1v) is 15.3. The molecule has 6 N–H and O–H groups in total. The molecule has 0 unspecified atom stereocenters. The van der Waals surface area contributed by atoms with Gasteiger partial charge in [0, 0.05) is 13.0 Å². The lowest BCUT2D eigenvalue weighted by Gasteiger charge is -2.35. The van der Waals surface area contributed by atoms with E-state index in [9.17, 15) is 15.3 Å². The SMILES string of the molecule is CC[N+](CC)(CC)CCCOc1cccc(-c2ccc(CNc3nc4c(N)ncnc4n3[C@@H]3O[C@H](CO)[C@@H](O)[C@H]3O)cc2)c1. The minimum Gasteiger partial charge on any atom is -0.493 e. The van der Waals surface area contributed by atoms with E-state index in [2.05, 4.69) is 65.3 Å². The van der Waals surface area contributed by atoms with Gasteiger partial charge in [-0.25, -0.2) is 15.0 Å². The van der Waals surface area contributed by atoms with Crippen LogP contribution in [-0.2, 0) is 11.3 Å². The van der Waals surface area contributed by atoms with E-state index in [-0.39, 0.29) is 5.82 Å². The lowest BCUT2D eigenvalue weighted by Crippen LogP contribution is -2.48. The number of nitrogens with zero attached hydrogens (tertiary/aromatic N) is 5. The molecule has 236 valence electrons. The van der Waals surface area contributed by atoms with E-state index in [1.165, 1.54) is 6.33 Å². The van der Waals surface area contributed by atoms with Crippen LogP contribution in [0, 0.1) is 0 Å². The quantitative estimate of drug-likeness (QED) is 0.107. The molecule has 0 radical (unpaired) electrons. The van der Waals surface area contributed by atoms with Crippen LogP contribution in [0.5, 0.6) is 5.75 Å². The van der Waals surface area contributed by atoms with Crippen molar-refractivity contribution >= 4 is 22.9 Å². The molecule has 0 aliphatic carbocycles. The van der Waals surface area contributed by atoms with Crippen molar-refractivity contribution in [3.05, 3.63) is 60.4 Å². The molecule has 2 aromatic carbocycles. The topological polar surface area (TPSA) is 161 Å². The van der Waals surface area contributed by atoms with Crippen molar-refractivity contribution < 1.29 is 29.3 Å². The molecule has 12 heteroatoms. The molecule has 12 nitrogen and oxygen atoms in total. The maximum Gasteiger partial charge on any atom is 0.207 e. The number of aliphatic hydroxyl groups excluding tert-OH is 3. The zero-order valence-corrected chi connectivity index (χ0v) is 25.6. The summed E-state index contributed by atoms with van der Waals surface area (Å²) >= 11 is 0. The normalized spacial score (nSPS) is 20.3. The fourth-order valence-corrected chi connectivity index (χ4v) is 5.88. The number of hydrogen-bond acceptors (Lipinski definition) is 10. The summed E-state index contributed by atoms with van der Waals surface area (Å²) in [5.41, 5.74) is 9.86. The predicted molar refractivity (Wildman–Crippen MR) is 169 cm³/mol. The summed E-state index contributed by atoms with van der Waals surface area (Å²) in [6.45, 7) is 12.0. The zero-order chi connectivity index (χ0) is 31.3. The molecule has 0 amide bonds. The maximum absolute atomic E-state index is 10.7. The lowest BCUT2D eigenvalue weighted by molar-refractivity contribution is -0.923. The first-order chi connectivity index (χ1) is 21.3. The molecular weight excluding hydrogens is 562 g/mol. The number of fused-ring (bicyclic) bond motifs is 1. The number of anilines is 2. The Hall–Kier alpha value is -3.81. The molecule has 1 aliphatic heterocycles. The van der Waals surface area contributed by atoms with Gasteiger partial charge in [0.15, 0.2) is 23.2 Å². The third-order valence-corrected chi connectivity index (χ3v) is 8.91. The van der Waals surface area contributed by atoms with Crippen LogP contribution in [-0.4, -0.2) is 97.0 Å². The molecule has 0 bridgehead atoms. The predicted octanol–water partition coefficient (Wildman–Crippen LogP) is 2.94.